The number of unbranched alkanes of at least 4 members (excludes halogenated alkanes) is 1. The number of allylic oxidation sites excluding steroid dienone is 1. The van der Waals surface area contributed by atoms with Crippen molar-refractivity contribution in [3.05, 3.63) is 11.3 Å². The average molecular weight is 242 g/mol. The highest BCUT2D eigenvalue weighted by molar-refractivity contribution is 7.97. The maximum atomic E-state index is 6.16. The zero-order chi connectivity index (χ0) is 11.4. The van der Waals surface area contributed by atoms with Crippen molar-refractivity contribution in [3.63, 3.8) is 0 Å². The standard InChI is InChI=1S/C10H19BN2S2/c1-5-6-7-9-10(11)13(15-4)8(2)12(9)14-3/h8H,5-7H2,1-4H3. The van der Waals surface area contributed by atoms with E-state index in [1.54, 1.807) is 23.9 Å². The van der Waals surface area contributed by atoms with Crippen molar-refractivity contribution in [2.45, 2.75) is 39.3 Å². The number of rotatable bonds is 5. The van der Waals surface area contributed by atoms with Crippen LogP contribution in [0.4, 0.5) is 0 Å². The van der Waals surface area contributed by atoms with Gasteiger partial charge in [-0.15, -0.1) is 0 Å². The van der Waals surface area contributed by atoms with Crippen molar-refractivity contribution in [2.75, 3.05) is 12.5 Å². The van der Waals surface area contributed by atoms with Gasteiger partial charge in [0.15, 0.2) is 0 Å². The Labute approximate surface area is 104 Å². The molecule has 1 unspecified atom stereocenters. The van der Waals surface area contributed by atoms with Gasteiger partial charge in [0.25, 0.3) is 0 Å². The Morgan fingerprint density at radius 2 is 1.87 bits per heavy atom. The van der Waals surface area contributed by atoms with Crippen LogP contribution in [-0.4, -0.2) is 35.1 Å². The summed E-state index contributed by atoms with van der Waals surface area (Å²) < 4.78 is 4.50. The van der Waals surface area contributed by atoms with Crippen molar-refractivity contribution in [1.29, 1.82) is 0 Å². The molecule has 1 rings (SSSR count). The summed E-state index contributed by atoms with van der Waals surface area (Å²) in [6.45, 7) is 4.41. The molecule has 2 nitrogen and oxygen atoms in total. The molecule has 1 atom stereocenters. The molecule has 1 heterocycles. The molecule has 0 bridgehead atoms. The van der Waals surface area contributed by atoms with E-state index >= 15 is 0 Å². The molecule has 2 radical (unpaired) electrons. The topological polar surface area (TPSA) is 6.48 Å². The van der Waals surface area contributed by atoms with Gasteiger partial charge in [0.1, 0.15) is 14.0 Å². The van der Waals surface area contributed by atoms with Crippen molar-refractivity contribution < 1.29 is 0 Å². The lowest BCUT2D eigenvalue weighted by molar-refractivity contribution is 0.354. The lowest BCUT2D eigenvalue weighted by Gasteiger charge is -2.28. The molecule has 84 valence electrons. The molecule has 0 aromatic rings. The molecule has 15 heavy (non-hydrogen) atoms. The Morgan fingerprint density at radius 1 is 1.27 bits per heavy atom. The van der Waals surface area contributed by atoms with Gasteiger partial charge in [-0.3, -0.25) is 4.31 Å². The smallest absolute Gasteiger partial charge is 0.142 e. The lowest BCUT2D eigenvalue weighted by atomic mass is 10.0. The second kappa shape index (κ2) is 5.99. The molecule has 1 aliphatic rings. The summed E-state index contributed by atoms with van der Waals surface area (Å²) in [6.07, 6.45) is 8.06. The van der Waals surface area contributed by atoms with Gasteiger partial charge < -0.3 is 4.31 Å². The van der Waals surface area contributed by atoms with Crippen LogP contribution in [-0.2, 0) is 0 Å². The van der Waals surface area contributed by atoms with Crippen LogP contribution in [0, 0.1) is 0 Å². The van der Waals surface area contributed by atoms with Crippen molar-refractivity contribution >= 4 is 31.7 Å². The SMILES string of the molecule is [B]C1=C(CCCC)N(SC)C(C)N1SC. The quantitative estimate of drug-likeness (QED) is 0.539. The van der Waals surface area contributed by atoms with Crippen LogP contribution in [0.25, 0.3) is 0 Å². The van der Waals surface area contributed by atoms with Gasteiger partial charge >= 0.3 is 0 Å². The van der Waals surface area contributed by atoms with Gasteiger partial charge in [0.2, 0.25) is 0 Å². The fourth-order valence-electron chi connectivity index (χ4n) is 1.86. The second-order valence-corrected chi connectivity index (χ2v) is 5.10. The minimum absolute atomic E-state index is 0.363. The van der Waals surface area contributed by atoms with E-state index in [4.69, 9.17) is 7.85 Å². The Bertz CT molecular complexity index is 246. The van der Waals surface area contributed by atoms with Crippen LogP contribution < -0.4 is 0 Å². The molecule has 0 amide bonds. The van der Waals surface area contributed by atoms with E-state index in [1.807, 2.05) is 0 Å². The molecule has 0 aliphatic carbocycles. The average Bonchev–Trinajstić information content (AvgIpc) is 2.46. The van der Waals surface area contributed by atoms with Crippen molar-refractivity contribution in [1.82, 2.24) is 8.61 Å². The molecule has 0 N–H and O–H groups in total. The first-order valence-corrected chi connectivity index (χ1v) is 7.69. The predicted molar refractivity (Wildman–Crippen MR) is 72.5 cm³/mol. The van der Waals surface area contributed by atoms with Gasteiger partial charge in [0.05, 0.1) is 0 Å². The molecule has 0 saturated heterocycles. The van der Waals surface area contributed by atoms with Crippen LogP contribution in [0.2, 0.25) is 0 Å². The van der Waals surface area contributed by atoms with Crippen molar-refractivity contribution in [2.24, 2.45) is 0 Å². The highest BCUT2D eigenvalue weighted by atomic mass is 32.2. The zero-order valence-electron chi connectivity index (χ0n) is 9.99. The third kappa shape index (κ3) is 2.62. The van der Waals surface area contributed by atoms with Crippen LogP contribution in [0.15, 0.2) is 11.3 Å². The van der Waals surface area contributed by atoms with Crippen LogP contribution >= 0.6 is 23.9 Å². The van der Waals surface area contributed by atoms with E-state index in [-0.39, 0.29) is 0 Å². The summed E-state index contributed by atoms with van der Waals surface area (Å²) in [5, 5.41) is 0. The molecule has 0 fully saturated rings. The fraction of sp³-hybridized carbons (Fsp3) is 0.800. The number of hydrogen-bond donors (Lipinski definition) is 0. The Hall–Kier alpha value is 0.105. The Morgan fingerprint density at radius 3 is 2.33 bits per heavy atom. The first kappa shape index (κ1) is 13.2. The minimum Gasteiger partial charge on any atom is -0.307 e. The number of hydrogen-bond acceptors (Lipinski definition) is 4. The largest absolute Gasteiger partial charge is 0.307 e. The lowest BCUT2D eigenvalue weighted by Crippen LogP contribution is -2.29. The van der Waals surface area contributed by atoms with E-state index in [1.165, 1.54) is 18.5 Å². The van der Waals surface area contributed by atoms with Gasteiger partial charge in [-0.25, -0.2) is 0 Å². The molecule has 5 heteroatoms. The van der Waals surface area contributed by atoms with Gasteiger partial charge in [-0.2, -0.15) is 0 Å². The monoisotopic (exact) mass is 242 g/mol. The zero-order valence-corrected chi connectivity index (χ0v) is 11.6. The first-order valence-electron chi connectivity index (χ1n) is 5.32. The van der Waals surface area contributed by atoms with E-state index in [0.717, 1.165) is 12.0 Å². The summed E-state index contributed by atoms with van der Waals surface area (Å²) in [7, 11) is 6.16. The van der Waals surface area contributed by atoms with Gasteiger partial charge in [-0.1, -0.05) is 37.2 Å². The van der Waals surface area contributed by atoms with Crippen LogP contribution in [0.1, 0.15) is 33.1 Å². The van der Waals surface area contributed by atoms with E-state index in [0.29, 0.717) is 6.17 Å². The normalized spacial score (nSPS) is 21.7. The maximum absolute atomic E-state index is 6.16. The van der Waals surface area contributed by atoms with Crippen molar-refractivity contribution in [3.8, 4) is 0 Å². The Balaban J connectivity index is 2.81. The minimum atomic E-state index is 0.363. The molecule has 0 aromatic heterocycles. The summed E-state index contributed by atoms with van der Waals surface area (Å²) in [5.41, 5.74) is 2.24. The maximum Gasteiger partial charge on any atom is 0.142 e. The predicted octanol–water partition coefficient (Wildman–Crippen LogP) is 3.03. The fourth-order valence-corrected chi connectivity index (χ4v) is 3.42. The molecule has 0 spiro atoms. The molecule has 1 aliphatic heterocycles. The highest BCUT2D eigenvalue weighted by Gasteiger charge is 2.31. The van der Waals surface area contributed by atoms with Crippen LogP contribution in [0.5, 0.6) is 0 Å². The summed E-state index contributed by atoms with van der Waals surface area (Å²) in [4.78, 5) is 0. The highest BCUT2D eigenvalue weighted by Crippen LogP contribution is 2.38. The Kier molecular flexibility index (Phi) is 5.26. The molecule has 0 saturated carbocycles. The molecule has 0 aromatic carbocycles. The molecular formula is C10H19BN2S2. The molecular weight excluding hydrogens is 223 g/mol. The third-order valence-electron chi connectivity index (χ3n) is 2.64. The number of nitrogens with zero attached hydrogens (tertiary/aromatic N) is 2. The first-order chi connectivity index (χ1) is 7.17. The third-order valence-corrected chi connectivity index (χ3v) is 4.45. The van der Waals surface area contributed by atoms with Gasteiger partial charge in [-0.05, 0) is 25.4 Å². The summed E-state index contributed by atoms with van der Waals surface area (Å²) in [6, 6.07) is 0. The second-order valence-electron chi connectivity index (χ2n) is 3.58. The summed E-state index contributed by atoms with van der Waals surface area (Å²) >= 11 is 3.46. The van der Waals surface area contributed by atoms with E-state index < -0.39 is 0 Å². The van der Waals surface area contributed by atoms with Crippen LogP contribution in [0.3, 0.4) is 0 Å². The van der Waals surface area contributed by atoms with E-state index in [2.05, 4.69) is 35.0 Å². The van der Waals surface area contributed by atoms with E-state index in [9.17, 15) is 0 Å². The van der Waals surface area contributed by atoms with Gasteiger partial charge in [0, 0.05) is 18.2 Å². The summed E-state index contributed by atoms with van der Waals surface area (Å²) in [5.74, 6) is 0.